The highest BCUT2D eigenvalue weighted by Gasteiger charge is 2.21. The number of rotatable bonds is 5. The van der Waals surface area contributed by atoms with Crippen LogP contribution in [0.3, 0.4) is 0 Å². The standard InChI is InChI=1S/C21H23ClN2O2/c1-15-6-5-11-24(14-15)20(25)13-23-19-10-9-17(22)12-18(19)21(26)16-7-3-2-4-8-16/h2-4,7-10,12,15,23H,5-6,11,13-14H2,1H3. The second kappa shape index (κ2) is 8.37. The van der Waals surface area contributed by atoms with Crippen molar-refractivity contribution >= 4 is 29.0 Å². The van der Waals surface area contributed by atoms with Crippen molar-refractivity contribution in [3.8, 4) is 0 Å². The third kappa shape index (κ3) is 4.44. The van der Waals surface area contributed by atoms with Gasteiger partial charge in [0.25, 0.3) is 0 Å². The fourth-order valence-electron chi connectivity index (χ4n) is 3.30. The molecule has 2 aromatic carbocycles. The molecule has 1 heterocycles. The van der Waals surface area contributed by atoms with E-state index in [1.54, 1.807) is 30.3 Å². The summed E-state index contributed by atoms with van der Waals surface area (Å²) < 4.78 is 0. The van der Waals surface area contributed by atoms with Gasteiger partial charge < -0.3 is 10.2 Å². The number of hydrogen-bond acceptors (Lipinski definition) is 3. The molecule has 0 radical (unpaired) electrons. The average Bonchev–Trinajstić information content (AvgIpc) is 2.67. The van der Waals surface area contributed by atoms with E-state index in [-0.39, 0.29) is 18.2 Å². The highest BCUT2D eigenvalue weighted by molar-refractivity contribution is 6.31. The number of anilines is 1. The Kier molecular flexibility index (Phi) is 5.94. The van der Waals surface area contributed by atoms with Crippen molar-refractivity contribution in [3.05, 3.63) is 64.7 Å². The van der Waals surface area contributed by atoms with Gasteiger partial charge in [-0.3, -0.25) is 9.59 Å². The molecule has 1 saturated heterocycles. The minimum atomic E-state index is -0.116. The minimum absolute atomic E-state index is 0.0598. The van der Waals surface area contributed by atoms with E-state index in [1.807, 2.05) is 23.1 Å². The van der Waals surface area contributed by atoms with Gasteiger partial charge in [-0.15, -0.1) is 0 Å². The van der Waals surface area contributed by atoms with Gasteiger partial charge in [0.15, 0.2) is 5.78 Å². The molecular weight excluding hydrogens is 348 g/mol. The number of benzene rings is 2. The van der Waals surface area contributed by atoms with Gasteiger partial charge in [-0.2, -0.15) is 0 Å². The Balaban J connectivity index is 1.74. The van der Waals surface area contributed by atoms with E-state index < -0.39 is 0 Å². The molecule has 1 unspecified atom stereocenters. The summed E-state index contributed by atoms with van der Waals surface area (Å²) in [7, 11) is 0. The van der Waals surface area contributed by atoms with E-state index in [9.17, 15) is 9.59 Å². The van der Waals surface area contributed by atoms with Crippen LogP contribution in [0.4, 0.5) is 5.69 Å². The Morgan fingerprint density at radius 1 is 1.19 bits per heavy atom. The van der Waals surface area contributed by atoms with Crippen LogP contribution in [0, 0.1) is 5.92 Å². The van der Waals surface area contributed by atoms with Crippen LogP contribution >= 0.6 is 11.6 Å². The van der Waals surface area contributed by atoms with Crippen molar-refractivity contribution in [1.29, 1.82) is 0 Å². The molecular formula is C21H23ClN2O2. The number of nitrogens with zero attached hydrogens (tertiary/aromatic N) is 1. The zero-order valence-corrected chi connectivity index (χ0v) is 15.6. The molecule has 0 bridgehead atoms. The lowest BCUT2D eigenvalue weighted by molar-refractivity contribution is -0.130. The van der Waals surface area contributed by atoms with Gasteiger partial charge in [0.2, 0.25) is 5.91 Å². The largest absolute Gasteiger partial charge is 0.376 e. The normalized spacial score (nSPS) is 17.0. The van der Waals surface area contributed by atoms with E-state index in [2.05, 4.69) is 12.2 Å². The molecule has 1 aliphatic heterocycles. The van der Waals surface area contributed by atoms with E-state index >= 15 is 0 Å². The van der Waals surface area contributed by atoms with Crippen molar-refractivity contribution in [3.63, 3.8) is 0 Å². The highest BCUT2D eigenvalue weighted by Crippen LogP contribution is 2.24. The zero-order valence-electron chi connectivity index (χ0n) is 14.9. The van der Waals surface area contributed by atoms with Gasteiger partial charge in [0.05, 0.1) is 6.54 Å². The number of piperidine rings is 1. The summed E-state index contributed by atoms with van der Waals surface area (Å²) in [6.45, 7) is 3.95. The van der Waals surface area contributed by atoms with E-state index in [0.29, 0.717) is 27.8 Å². The average molecular weight is 371 g/mol. The van der Waals surface area contributed by atoms with Gasteiger partial charge in [-0.25, -0.2) is 0 Å². The number of halogens is 1. The van der Waals surface area contributed by atoms with Crippen molar-refractivity contribution < 1.29 is 9.59 Å². The van der Waals surface area contributed by atoms with E-state index in [1.165, 1.54) is 6.42 Å². The molecule has 4 nitrogen and oxygen atoms in total. The second-order valence-electron chi connectivity index (χ2n) is 6.83. The first-order valence-electron chi connectivity index (χ1n) is 8.95. The molecule has 1 aliphatic rings. The maximum atomic E-state index is 12.8. The van der Waals surface area contributed by atoms with Crippen LogP contribution in [0.25, 0.3) is 0 Å². The number of carbonyl (C=O) groups is 2. The number of nitrogens with one attached hydrogen (secondary N) is 1. The van der Waals surface area contributed by atoms with E-state index in [4.69, 9.17) is 11.6 Å². The summed E-state index contributed by atoms with van der Waals surface area (Å²) >= 11 is 6.09. The first-order valence-corrected chi connectivity index (χ1v) is 9.33. The zero-order chi connectivity index (χ0) is 18.5. The second-order valence-corrected chi connectivity index (χ2v) is 7.26. The van der Waals surface area contributed by atoms with Crippen molar-refractivity contribution in [1.82, 2.24) is 4.90 Å². The number of amides is 1. The quantitative estimate of drug-likeness (QED) is 0.801. The Hall–Kier alpha value is -2.33. The predicted octanol–water partition coefficient (Wildman–Crippen LogP) is 4.24. The predicted molar refractivity (Wildman–Crippen MR) is 105 cm³/mol. The van der Waals surface area contributed by atoms with Gasteiger partial charge in [0.1, 0.15) is 0 Å². The van der Waals surface area contributed by atoms with Crippen molar-refractivity contribution in [2.75, 3.05) is 25.0 Å². The summed E-state index contributed by atoms with van der Waals surface area (Å²) in [4.78, 5) is 27.2. The Bertz CT molecular complexity index is 792. The third-order valence-corrected chi connectivity index (χ3v) is 4.94. The summed E-state index contributed by atoms with van der Waals surface area (Å²) in [5.41, 5.74) is 1.69. The van der Waals surface area contributed by atoms with Gasteiger partial charge in [0, 0.05) is 34.9 Å². The topological polar surface area (TPSA) is 49.4 Å². The third-order valence-electron chi connectivity index (χ3n) is 4.70. The molecule has 3 rings (SSSR count). The Morgan fingerprint density at radius 2 is 1.96 bits per heavy atom. The number of ketones is 1. The van der Waals surface area contributed by atoms with Gasteiger partial charge >= 0.3 is 0 Å². The lowest BCUT2D eigenvalue weighted by Gasteiger charge is -2.31. The molecule has 0 aliphatic carbocycles. The number of carbonyl (C=O) groups excluding carboxylic acids is 2. The number of likely N-dealkylation sites (tertiary alicyclic amines) is 1. The van der Waals surface area contributed by atoms with Crippen LogP contribution in [0.1, 0.15) is 35.7 Å². The fourth-order valence-corrected chi connectivity index (χ4v) is 3.47. The maximum absolute atomic E-state index is 12.8. The first-order chi connectivity index (χ1) is 12.5. The summed E-state index contributed by atoms with van der Waals surface area (Å²) in [5, 5.41) is 3.62. The fraction of sp³-hybridized carbons (Fsp3) is 0.333. The van der Waals surface area contributed by atoms with Crippen molar-refractivity contribution in [2.24, 2.45) is 5.92 Å². The van der Waals surface area contributed by atoms with Crippen LogP contribution in [-0.2, 0) is 4.79 Å². The van der Waals surface area contributed by atoms with Crippen LogP contribution in [0.5, 0.6) is 0 Å². The van der Waals surface area contributed by atoms with Gasteiger partial charge in [-0.05, 0) is 37.0 Å². The van der Waals surface area contributed by atoms with Gasteiger partial charge in [-0.1, -0.05) is 48.9 Å². The van der Waals surface area contributed by atoms with E-state index in [0.717, 1.165) is 19.5 Å². The molecule has 136 valence electrons. The lowest BCUT2D eigenvalue weighted by atomic mass is 10.00. The summed E-state index contributed by atoms with van der Waals surface area (Å²) in [6.07, 6.45) is 2.22. The first kappa shape index (κ1) is 18.5. The molecule has 26 heavy (non-hydrogen) atoms. The lowest BCUT2D eigenvalue weighted by Crippen LogP contribution is -2.42. The molecule has 0 spiro atoms. The van der Waals surface area contributed by atoms with Crippen molar-refractivity contribution in [2.45, 2.75) is 19.8 Å². The highest BCUT2D eigenvalue weighted by atomic mass is 35.5. The Labute approximate surface area is 159 Å². The van der Waals surface area contributed by atoms with Crippen LogP contribution in [0.2, 0.25) is 5.02 Å². The Morgan fingerprint density at radius 3 is 2.69 bits per heavy atom. The molecule has 1 atom stereocenters. The smallest absolute Gasteiger partial charge is 0.241 e. The molecule has 2 aromatic rings. The van der Waals surface area contributed by atoms with Crippen LogP contribution < -0.4 is 5.32 Å². The monoisotopic (exact) mass is 370 g/mol. The summed E-state index contributed by atoms with van der Waals surface area (Å²) in [5.74, 6) is 0.484. The van der Waals surface area contributed by atoms with Crippen LogP contribution in [-0.4, -0.2) is 36.2 Å². The molecule has 1 N–H and O–H groups in total. The number of hydrogen-bond donors (Lipinski definition) is 1. The molecule has 1 fully saturated rings. The molecule has 1 amide bonds. The van der Waals surface area contributed by atoms with Crippen LogP contribution in [0.15, 0.2) is 48.5 Å². The molecule has 5 heteroatoms. The SMILES string of the molecule is CC1CCCN(C(=O)CNc2ccc(Cl)cc2C(=O)c2ccccc2)C1. The maximum Gasteiger partial charge on any atom is 0.241 e. The molecule has 0 aromatic heterocycles. The summed E-state index contributed by atoms with van der Waals surface area (Å²) in [6, 6.07) is 14.2. The minimum Gasteiger partial charge on any atom is -0.376 e. The molecule has 0 saturated carbocycles.